The first-order valence-electron chi connectivity index (χ1n) is 7.72. The van der Waals surface area contributed by atoms with Crippen LogP contribution in [-0.4, -0.2) is 23.4 Å². The summed E-state index contributed by atoms with van der Waals surface area (Å²) in [6.45, 7) is 2.00. The van der Waals surface area contributed by atoms with Crippen LogP contribution in [0.25, 0.3) is 0 Å². The molecule has 0 bridgehead atoms. The number of phenols is 3. The fourth-order valence-electron chi connectivity index (χ4n) is 3.19. The third-order valence-corrected chi connectivity index (χ3v) is 10.9. The first kappa shape index (κ1) is 19.5. The van der Waals surface area contributed by atoms with Crippen LogP contribution in [0.1, 0.15) is 0 Å². The molecule has 0 unspecified atom stereocenters. The van der Waals surface area contributed by atoms with E-state index >= 15 is 0 Å². The second-order valence-corrected chi connectivity index (χ2v) is 12.5. The highest BCUT2D eigenvalue weighted by molar-refractivity contribution is 9.11. The Morgan fingerprint density at radius 3 is 1.12 bits per heavy atom. The van der Waals surface area contributed by atoms with E-state index in [1.807, 2.05) is 42.9 Å². The summed E-state index contributed by atoms with van der Waals surface area (Å²) < 4.78 is 1.70. The highest BCUT2D eigenvalue weighted by atomic mass is 79.9. The molecule has 3 nitrogen and oxygen atoms in total. The van der Waals surface area contributed by atoms with Crippen LogP contribution in [0.3, 0.4) is 0 Å². The normalized spacial score (nSPS) is 11.5. The van der Waals surface area contributed by atoms with Crippen LogP contribution < -0.4 is 15.6 Å². The van der Waals surface area contributed by atoms with Crippen molar-refractivity contribution in [2.45, 2.75) is 6.55 Å². The second-order valence-electron chi connectivity index (χ2n) is 6.03. The van der Waals surface area contributed by atoms with Crippen molar-refractivity contribution in [2.24, 2.45) is 0 Å². The molecule has 0 fully saturated rings. The second kappa shape index (κ2) is 7.38. The van der Waals surface area contributed by atoms with Crippen LogP contribution >= 0.6 is 47.8 Å². The summed E-state index contributed by atoms with van der Waals surface area (Å²) in [6.07, 6.45) is 0. The summed E-state index contributed by atoms with van der Waals surface area (Å²) in [6, 6.07) is 16.3. The van der Waals surface area contributed by atoms with Gasteiger partial charge in [0, 0.05) is 0 Å². The fourth-order valence-corrected chi connectivity index (χ4v) is 8.82. The average molecular weight is 559 g/mol. The van der Waals surface area contributed by atoms with Crippen molar-refractivity contribution in [3.8, 4) is 17.2 Å². The van der Waals surface area contributed by atoms with Gasteiger partial charge >= 0.3 is 0 Å². The summed E-state index contributed by atoms with van der Waals surface area (Å²) >= 11 is 10.1. The Morgan fingerprint density at radius 2 is 0.846 bits per heavy atom. The van der Waals surface area contributed by atoms with Gasteiger partial charge in [-0.3, -0.25) is 0 Å². The standard InChI is InChI=1S/C19H15Br3O3Si/c1-26(14-8-2-5-11(20)17(14)23,15-9-3-6-12(21)18(15)24)16-10-4-7-13(22)19(16)25/h2-10,23-25H,1H3. The molecule has 26 heavy (non-hydrogen) atoms. The Kier molecular flexibility index (Phi) is 5.53. The third kappa shape index (κ3) is 3.11. The van der Waals surface area contributed by atoms with Gasteiger partial charge in [-0.05, 0) is 81.5 Å². The predicted molar refractivity (Wildman–Crippen MR) is 118 cm³/mol. The average Bonchev–Trinajstić information content (AvgIpc) is 2.61. The number of aromatic hydroxyl groups is 3. The van der Waals surface area contributed by atoms with Crippen molar-refractivity contribution in [2.75, 3.05) is 0 Å². The smallest absolute Gasteiger partial charge is 0.159 e. The monoisotopic (exact) mass is 556 g/mol. The summed E-state index contributed by atoms with van der Waals surface area (Å²) in [7, 11) is -2.95. The van der Waals surface area contributed by atoms with Gasteiger partial charge in [-0.25, -0.2) is 0 Å². The first-order valence-corrected chi connectivity index (χ1v) is 12.6. The van der Waals surface area contributed by atoms with Gasteiger partial charge in [0.05, 0.1) is 13.4 Å². The Hall–Kier alpha value is -1.28. The highest BCUT2D eigenvalue weighted by Gasteiger charge is 2.41. The molecule has 0 atom stereocenters. The maximum Gasteiger partial charge on any atom is 0.159 e. The van der Waals surface area contributed by atoms with Crippen LogP contribution in [0.15, 0.2) is 68.0 Å². The Balaban J connectivity index is 2.46. The molecule has 7 heteroatoms. The molecular weight excluding hydrogens is 544 g/mol. The predicted octanol–water partition coefficient (Wildman–Crippen LogP) is 4.19. The van der Waals surface area contributed by atoms with Crippen LogP contribution in [0, 0.1) is 0 Å². The number of para-hydroxylation sites is 3. The van der Waals surface area contributed by atoms with E-state index in [1.165, 1.54) is 0 Å². The van der Waals surface area contributed by atoms with Crippen molar-refractivity contribution in [1.29, 1.82) is 0 Å². The molecule has 0 saturated carbocycles. The molecular formula is C19H15Br3O3Si. The van der Waals surface area contributed by atoms with E-state index in [2.05, 4.69) is 47.8 Å². The van der Waals surface area contributed by atoms with Gasteiger partial charge in [0.15, 0.2) is 8.07 Å². The summed E-state index contributed by atoms with van der Waals surface area (Å²) in [4.78, 5) is 0. The molecule has 3 aromatic carbocycles. The van der Waals surface area contributed by atoms with Crippen molar-refractivity contribution in [3.05, 3.63) is 68.0 Å². The first-order chi connectivity index (χ1) is 12.3. The molecule has 0 aromatic heterocycles. The van der Waals surface area contributed by atoms with E-state index in [0.29, 0.717) is 29.0 Å². The van der Waals surface area contributed by atoms with Crippen molar-refractivity contribution in [3.63, 3.8) is 0 Å². The zero-order valence-electron chi connectivity index (χ0n) is 13.7. The number of rotatable bonds is 3. The molecule has 3 N–H and O–H groups in total. The van der Waals surface area contributed by atoms with Gasteiger partial charge in [0.1, 0.15) is 17.2 Å². The van der Waals surface area contributed by atoms with Gasteiger partial charge in [-0.2, -0.15) is 0 Å². The topological polar surface area (TPSA) is 60.7 Å². The zero-order chi connectivity index (χ0) is 19.1. The minimum atomic E-state index is -2.95. The molecule has 3 aromatic rings. The molecule has 0 spiro atoms. The largest absolute Gasteiger partial charge is 0.507 e. The lowest BCUT2D eigenvalue weighted by Crippen LogP contribution is -2.65. The molecule has 0 aliphatic heterocycles. The molecule has 0 aliphatic rings. The molecule has 0 heterocycles. The third-order valence-electron chi connectivity index (χ3n) is 4.58. The lowest BCUT2D eigenvalue weighted by molar-refractivity contribution is 0.474. The number of hydrogen-bond donors (Lipinski definition) is 3. The summed E-state index contributed by atoms with van der Waals surface area (Å²) in [5, 5.41) is 34.4. The molecule has 3 rings (SSSR count). The quantitative estimate of drug-likeness (QED) is 0.334. The molecule has 0 radical (unpaired) electrons. The van der Waals surface area contributed by atoms with Gasteiger partial charge in [-0.15, -0.1) is 0 Å². The van der Waals surface area contributed by atoms with E-state index in [0.717, 1.165) is 0 Å². The van der Waals surface area contributed by atoms with Gasteiger partial charge in [0.25, 0.3) is 0 Å². The van der Waals surface area contributed by atoms with Gasteiger partial charge in [-0.1, -0.05) is 42.9 Å². The van der Waals surface area contributed by atoms with Crippen molar-refractivity contribution >= 4 is 71.4 Å². The van der Waals surface area contributed by atoms with Crippen LogP contribution in [0.2, 0.25) is 6.55 Å². The summed E-state index contributed by atoms with van der Waals surface area (Å²) in [5.74, 6) is 0.334. The number of phenolic OH excluding ortho intramolecular Hbond substituents is 3. The Labute approximate surface area is 177 Å². The SMILES string of the molecule is C[Si](c1cccc(Br)c1O)(c1cccc(Br)c1O)c1cccc(Br)c1O. The van der Waals surface area contributed by atoms with Crippen LogP contribution in [0.4, 0.5) is 0 Å². The van der Waals surface area contributed by atoms with Crippen LogP contribution in [0.5, 0.6) is 17.2 Å². The number of halogens is 3. The lowest BCUT2D eigenvalue weighted by Gasteiger charge is -2.31. The minimum absolute atomic E-state index is 0.111. The highest BCUT2D eigenvalue weighted by Crippen LogP contribution is 2.31. The zero-order valence-corrected chi connectivity index (χ0v) is 19.4. The number of benzene rings is 3. The van der Waals surface area contributed by atoms with E-state index in [1.54, 1.807) is 18.2 Å². The van der Waals surface area contributed by atoms with Crippen molar-refractivity contribution < 1.29 is 15.3 Å². The summed E-state index contributed by atoms with van der Waals surface area (Å²) in [5.41, 5.74) is 0. The maximum absolute atomic E-state index is 10.8. The van der Waals surface area contributed by atoms with E-state index in [-0.39, 0.29) is 17.2 Å². The molecule has 134 valence electrons. The Morgan fingerprint density at radius 1 is 0.577 bits per heavy atom. The van der Waals surface area contributed by atoms with Crippen LogP contribution in [-0.2, 0) is 0 Å². The fraction of sp³-hybridized carbons (Fsp3) is 0.0526. The molecule has 0 saturated heterocycles. The Bertz CT molecular complexity index is 867. The van der Waals surface area contributed by atoms with E-state index in [4.69, 9.17) is 0 Å². The van der Waals surface area contributed by atoms with E-state index < -0.39 is 8.07 Å². The minimum Gasteiger partial charge on any atom is -0.507 e. The van der Waals surface area contributed by atoms with Gasteiger partial charge < -0.3 is 15.3 Å². The van der Waals surface area contributed by atoms with E-state index in [9.17, 15) is 15.3 Å². The molecule has 0 amide bonds. The van der Waals surface area contributed by atoms with Crippen molar-refractivity contribution in [1.82, 2.24) is 0 Å². The van der Waals surface area contributed by atoms with Gasteiger partial charge in [0.2, 0.25) is 0 Å². The maximum atomic E-state index is 10.8. The molecule has 0 aliphatic carbocycles. The lowest BCUT2D eigenvalue weighted by atomic mass is 10.3. The number of hydrogen-bond acceptors (Lipinski definition) is 3.